The summed E-state index contributed by atoms with van der Waals surface area (Å²) in [6, 6.07) is 3.08. The van der Waals surface area contributed by atoms with Gasteiger partial charge in [-0.1, -0.05) is 17.2 Å². The zero-order valence-corrected chi connectivity index (χ0v) is 7.57. The van der Waals surface area contributed by atoms with Crippen LogP contribution in [-0.4, -0.2) is 6.98 Å². The fraction of sp³-hybridized carbons (Fsp3) is 0.143. The average Bonchev–Trinajstić information content (AvgIpc) is 2.16. The van der Waals surface area contributed by atoms with E-state index in [0.29, 0.717) is 0 Å². The summed E-state index contributed by atoms with van der Waals surface area (Å²) in [5.41, 5.74) is 12.8. The highest BCUT2D eigenvalue weighted by Gasteiger charge is 2.25. The SMILES string of the molecule is [N-]=[N+]=Nc1cc(CN)cc([B-](F)(F)F)c1. The molecular formula is C7H7BF3N4-. The van der Waals surface area contributed by atoms with Crippen molar-refractivity contribution in [1.29, 1.82) is 0 Å². The number of hydrogen-bond donors (Lipinski definition) is 1. The van der Waals surface area contributed by atoms with Gasteiger partial charge in [-0.15, -0.1) is 5.46 Å². The van der Waals surface area contributed by atoms with E-state index in [2.05, 4.69) is 10.0 Å². The summed E-state index contributed by atoms with van der Waals surface area (Å²) in [5.74, 6) is 0. The molecule has 0 bridgehead atoms. The smallest absolute Gasteiger partial charge is 0.445 e. The predicted molar refractivity (Wildman–Crippen MR) is 51.9 cm³/mol. The fourth-order valence-corrected chi connectivity index (χ4v) is 1.12. The summed E-state index contributed by atoms with van der Waals surface area (Å²) in [7, 11) is 0. The molecule has 80 valence electrons. The topological polar surface area (TPSA) is 74.8 Å². The summed E-state index contributed by atoms with van der Waals surface area (Å²) in [6.07, 6.45) is 0. The molecule has 0 amide bonds. The van der Waals surface area contributed by atoms with Gasteiger partial charge in [0.1, 0.15) is 0 Å². The second-order valence-electron chi connectivity index (χ2n) is 2.90. The van der Waals surface area contributed by atoms with Crippen molar-refractivity contribution in [2.24, 2.45) is 10.8 Å². The Bertz CT molecular complexity index is 411. The van der Waals surface area contributed by atoms with Crippen LogP contribution in [0, 0.1) is 0 Å². The average molecular weight is 215 g/mol. The Morgan fingerprint density at radius 1 is 1.33 bits per heavy atom. The molecule has 15 heavy (non-hydrogen) atoms. The number of nitrogens with zero attached hydrogens (tertiary/aromatic N) is 3. The van der Waals surface area contributed by atoms with Gasteiger partial charge in [-0.3, -0.25) is 0 Å². The number of halogens is 3. The van der Waals surface area contributed by atoms with Crippen LogP contribution in [0.25, 0.3) is 10.4 Å². The first-order chi connectivity index (χ1) is 6.97. The predicted octanol–water partition coefficient (Wildman–Crippen LogP) is 2.14. The summed E-state index contributed by atoms with van der Waals surface area (Å²) in [5, 5.41) is 3.12. The van der Waals surface area contributed by atoms with Gasteiger partial charge in [-0.05, 0) is 17.2 Å². The molecule has 1 rings (SSSR count). The van der Waals surface area contributed by atoms with Gasteiger partial charge in [0.15, 0.2) is 0 Å². The molecule has 0 spiro atoms. The van der Waals surface area contributed by atoms with Crippen LogP contribution in [-0.2, 0) is 6.54 Å². The van der Waals surface area contributed by atoms with E-state index in [4.69, 9.17) is 11.3 Å². The van der Waals surface area contributed by atoms with E-state index < -0.39 is 12.4 Å². The number of azide groups is 1. The minimum absolute atomic E-state index is 0.0338. The molecule has 0 unspecified atom stereocenters. The zero-order chi connectivity index (χ0) is 11.5. The van der Waals surface area contributed by atoms with E-state index in [1.165, 1.54) is 6.07 Å². The van der Waals surface area contributed by atoms with E-state index in [9.17, 15) is 12.9 Å². The first kappa shape index (κ1) is 11.4. The van der Waals surface area contributed by atoms with Crippen molar-refractivity contribution >= 4 is 18.1 Å². The summed E-state index contributed by atoms with van der Waals surface area (Å²) < 4.78 is 37.2. The lowest BCUT2D eigenvalue weighted by Crippen LogP contribution is -2.34. The Labute approximate surface area is 83.6 Å². The Kier molecular flexibility index (Phi) is 3.23. The molecule has 0 aliphatic rings. The molecule has 2 N–H and O–H groups in total. The van der Waals surface area contributed by atoms with Crippen molar-refractivity contribution < 1.29 is 12.9 Å². The van der Waals surface area contributed by atoms with Crippen LogP contribution in [0.15, 0.2) is 23.3 Å². The first-order valence-corrected chi connectivity index (χ1v) is 4.06. The maximum absolute atomic E-state index is 12.4. The van der Waals surface area contributed by atoms with E-state index in [-0.39, 0.29) is 17.8 Å². The van der Waals surface area contributed by atoms with E-state index in [0.717, 1.165) is 12.1 Å². The largest absolute Gasteiger partial charge is 0.509 e. The Morgan fingerprint density at radius 3 is 2.47 bits per heavy atom. The molecule has 0 heterocycles. The van der Waals surface area contributed by atoms with Crippen molar-refractivity contribution in [2.45, 2.75) is 6.54 Å². The van der Waals surface area contributed by atoms with E-state index in [1.54, 1.807) is 0 Å². The molecule has 0 saturated heterocycles. The Balaban J connectivity index is 3.29. The van der Waals surface area contributed by atoms with Gasteiger partial charge in [0.2, 0.25) is 0 Å². The van der Waals surface area contributed by atoms with Crippen molar-refractivity contribution in [3.8, 4) is 0 Å². The highest BCUT2D eigenvalue weighted by molar-refractivity contribution is 6.73. The van der Waals surface area contributed by atoms with Crippen molar-refractivity contribution in [3.63, 3.8) is 0 Å². The lowest BCUT2D eigenvalue weighted by Gasteiger charge is -2.16. The Hall–Kier alpha value is -1.66. The van der Waals surface area contributed by atoms with E-state index >= 15 is 0 Å². The number of hydrogen-bond acceptors (Lipinski definition) is 2. The lowest BCUT2D eigenvalue weighted by atomic mass is 9.79. The highest BCUT2D eigenvalue weighted by atomic mass is 19.4. The summed E-state index contributed by atoms with van der Waals surface area (Å²) in [6.45, 7) is -5.14. The lowest BCUT2D eigenvalue weighted by molar-refractivity contribution is 0.501. The van der Waals surface area contributed by atoms with Gasteiger partial charge in [0.05, 0.1) is 0 Å². The minimum atomic E-state index is -5.10. The van der Waals surface area contributed by atoms with Crippen molar-refractivity contribution in [1.82, 2.24) is 0 Å². The summed E-state index contributed by atoms with van der Waals surface area (Å²) >= 11 is 0. The van der Waals surface area contributed by atoms with Gasteiger partial charge in [-0.25, -0.2) is 0 Å². The number of rotatable bonds is 3. The molecule has 8 heteroatoms. The molecule has 0 saturated carbocycles. The second-order valence-corrected chi connectivity index (χ2v) is 2.90. The molecule has 0 fully saturated rings. The van der Waals surface area contributed by atoms with Gasteiger partial charge in [0.25, 0.3) is 0 Å². The standard InChI is InChI=1S/C7H7BF3N4/c9-8(10,11)6-1-5(4-12)2-7(3-6)14-15-13/h1-3H,4,12H2/q-1. The van der Waals surface area contributed by atoms with Crippen LogP contribution in [0.3, 0.4) is 0 Å². The molecule has 1 aromatic carbocycles. The van der Waals surface area contributed by atoms with Crippen LogP contribution >= 0.6 is 0 Å². The molecule has 0 radical (unpaired) electrons. The molecule has 0 aliphatic carbocycles. The number of nitrogens with two attached hydrogens (primary N) is 1. The van der Waals surface area contributed by atoms with Crippen LogP contribution in [0.2, 0.25) is 0 Å². The maximum Gasteiger partial charge on any atom is 0.509 e. The zero-order valence-electron chi connectivity index (χ0n) is 7.57. The Morgan fingerprint density at radius 2 is 2.00 bits per heavy atom. The van der Waals surface area contributed by atoms with Crippen LogP contribution < -0.4 is 11.2 Å². The van der Waals surface area contributed by atoms with Crippen LogP contribution in [0.5, 0.6) is 0 Å². The van der Waals surface area contributed by atoms with Crippen LogP contribution in [0.4, 0.5) is 18.6 Å². The van der Waals surface area contributed by atoms with E-state index in [1.807, 2.05) is 0 Å². The third-order valence-electron chi connectivity index (χ3n) is 1.77. The minimum Gasteiger partial charge on any atom is -0.445 e. The normalized spacial score (nSPS) is 10.9. The molecule has 0 aliphatic heterocycles. The first-order valence-electron chi connectivity index (χ1n) is 4.06. The molecule has 1 aromatic rings. The fourth-order valence-electron chi connectivity index (χ4n) is 1.12. The monoisotopic (exact) mass is 215 g/mol. The van der Waals surface area contributed by atoms with Gasteiger partial charge in [-0.2, -0.15) is 0 Å². The maximum atomic E-state index is 12.4. The highest BCUT2D eigenvalue weighted by Crippen LogP contribution is 2.17. The van der Waals surface area contributed by atoms with Crippen molar-refractivity contribution in [3.05, 3.63) is 34.2 Å². The molecule has 4 nitrogen and oxygen atoms in total. The molecule has 0 atom stereocenters. The van der Waals surface area contributed by atoms with Gasteiger partial charge >= 0.3 is 6.98 Å². The quantitative estimate of drug-likeness (QED) is 0.356. The van der Waals surface area contributed by atoms with Gasteiger partial charge in [0, 0.05) is 17.1 Å². The third kappa shape index (κ3) is 2.90. The summed E-state index contributed by atoms with van der Waals surface area (Å²) in [4.78, 5) is 2.43. The van der Waals surface area contributed by atoms with Crippen molar-refractivity contribution in [2.75, 3.05) is 0 Å². The number of benzene rings is 1. The van der Waals surface area contributed by atoms with Gasteiger partial charge < -0.3 is 18.7 Å². The molecule has 0 aromatic heterocycles. The third-order valence-corrected chi connectivity index (χ3v) is 1.77. The van der Waals surface area contributed by atoms with Crippen LogP contribution in [0.1, 0.15) is 5.56 Å². The molecular weight excluding hydrogens is 208 g/mol. The second kappa shape index (κ2) is 4.25.